The van der Waals surface area contributed by atoms with Crippen LogP contribution in [0.2, 0.25) is 0 Å². The first-order chi connectivity index (χ1) is 10.1. The maximum absolute atomic E-state index is 12.7. The fraction of sp³-hybridized carbons (Fsp3) is 0.467. The number of thioether (sulfide) groups is 1. The van der Waals surface area contributed by atoms with E-state index >= 15 is 0 Å². The molecule has 0 aliphatic rings. The van der Waals surface area contributed by atoms with E-state index in [0.29, 0.717) is 24.5 Å². The quantitative estimate of drug-likeness (QED) is 0.652. The molecular weight excluding hydrogens is 293 g/mol. The second-order valence-corrected chi connectivity index (χ2v) is 5.66. The minimum absolute atomic E-state index is 0.0275. The Morgan fingerprint density at radius 1 is 1.14 bits per heavy atom. The maximum atomic E-state index is 12.7. The van der Waals surface area contributed by atoms with Gasteiger partial charge in [-0.15, -0.1) is 11.8 Å². The molecule has 0 aliphatic carbocycles. The highest BCUT2D eigenvalue weighted by atomic mass is 32.2. The van der Waals surface area contributed by atoms with E-state index in [-0.39, 0.29) is 18.1 Å². The summed E-state index contributed by atoms with van der Waals surface area (Å²) in [6.07, 6.45) is 2.42. The number of aliphatic carboxylic acids is 1. The van der Waals surface area contributed by atoms with Crippen molar-refractivity contribution in [3.63, 3.8) is 0 Å². The van der Waals surface area contributed by atoms with Crippen molar-refractivity contribution in [3.05, 3.63) is 35.6 Å². The number of benzene rings is 1. The number of carboxylic acids is 1. The molecule has 0 spiro atoms. The SMILES string of the molecule is O=C(O)CCCCCNC(=O)CSCc1ccc(F)cc1. The number of nitrogens with one attached hydrogen (secondary N) is 1. The van der Waals surface area contributed by atoms with Crippen molar-refractivity contribution < 1.29 is 19.1 Å². The molecule has 1 aromatic rings. The zero-order chi connectivity index (χ0) is 15.5. The third-order valence-corrected chi connectivity index (χ3v) is 3.81. The molecule has 0 bridgehead atoms. The molecule has 0 fully saturated rings. The topological polar surface area (TPSA) is 66.4 Å². The smallest absolute Gasteiger partial charge is 0.303 e. The van der Waals surface area contributed by atoms with E-state index in [1.165, 1.54) is 23.9 Å². The average molecular weight is 313 g/mol. The fourth-order valence-corrected chi connectivity index (χ4v) is 2.52. The van der Waals surface area contributed by atoms with Gasteiger partial charge < -0.3 is 10.4 Å². The first-order valence-electron chi connectivity index (χ1n) is 6.88. The monoisotopic (exact) mass is 313 g/mol. The summed E-state index contributed by atoms with van der Waals surface area (Å²) < 4.78 is 12.7. The fourth-order valence-electron chi connectivity index (χ4n) is 1.70. The Morgan fingerprint density at radius 3 is 2.52 bits per heavy atom. The van der Waals surface area contributed by atoms with Gasteiger partial charge in [-0.2, -0.15) is 0 Å². The molecule has 116 valence electrons. The highest BCUT2D eigenvalue weighted by molar-refractivity contribution is 7.99. The van der Waals surface area contributed by atoms with Crippen molar-refractivity contribution in [2.24, 2.45) is 0 Å². The molecule has 21 heavy (non-hydrogen) atoms. The van der Waals surface area contributed by atoms with Crippen LogP contribution in [0.15, 0.2) is 24.3 Å². The van der Waals surface area contributed by atoms with Crippen molar-refractivity contribution >= 4 is 23.6 Å². The molecule has 0 radical (unpaired) electrons. The molecule has 1 rings (SSSR count). The summed E-state index contributed by atoms with van der Waals surface area (Å²) in [5.74, 6) is -0.0281. The molecule has 0 atom stereocenters. The Hall–Kier alpha value is -1.56. The van der Waals surface area contributed by atoms with E-state index in [0.717, 1.165) is 18.4 Å². The molecule has 4 nitrogen and oxygen atoms in total. The summed E-state index contributed by atoms with van der Waals surface area (Å²) in [6.45, 7) is 0.579. The second-order valence-electron chi connectivity index (χ2n) is 4.67. The molecule has 0 unspecified atom stereocenters. The van der Waals surface area contributed by atoms with Crippen LogP contribution in [0.4, 0.5) is 4.39 Å². The number of unbranched alkanes of at least 4 members (excludes halogenated alkanes) is 2. The Balaban J connectivity index is 2.01. The Bertz CT molecular complexity index is 451. The van der Waals surface area contributed by atoms with Gasteiger partial charge in [0.05, 0.1) is 5.75 Å². The van der Waals surface area contributed by atoms with Gasteiger partial charge in [0, 0.05) is 18.7 Å². The lowest BCUT2D eigenvalue weighted by Gasteiger charge is -2.05. The number of halogens is 1. The Labute approximate surface area is 128 Å². The molecule has 6 heteroatoms. The van der Waals surface area contributed by atoms with Gasteiger partial charge in [-0.1, -0.05) is 18.6 Å². The molecule has 0 saturated heterocycles. The number of carbonyl (C=O) groups excluding carboxylic acids is 1. The van der Waals surface area contributed by atoms with E-state index in [1.807, 2.05) is 0 Å². The molecule has 0 aromatic heterocycles. The maximum Gasteiger partial charge on any atom is 0.303 e. The largest absolute Gasteiger partial charge is 0.481 e. The number of carbonyl (C=O) groups is 2. The highest BCUT2D eigenvalue weighted by Crippen LogP contribution is 2.12. The molecule has 0 heterocycles. The van der Waals surface area contributed by atoms with Gasteiger partial charge in [-0.25, -0.2) is 4.39 Å². The summed E-state index contributed by atoms with van der Waals surface area (Å²) in [4.78, 5) is 21.8. The lowest BCUT2D eigenvalue weighted by atomic mass is 10.2. The zero-order valence-corrected chi connectivity index (χ0v) is 12.6. The van der Waals surface area contributed by atoms with Crippen LogP contribution < -0.4 is 5.32 Å². The summed E-state index contributed by atoms with van der Waals surface area (Å²) in [5, 5.41) is 11.3. The Kier molecular flexibility index (Phi) is 8.50. The van der Waals surface area contributed by atoms with E-state index in [9.17, 15) is 14.0 Å². The van der Waals surface area contributed by atoms with Crippen molar-refractivity contribution in [2.45, 2.75) is 31.4 Å². The standard InChI is InChI=1S/C15H20FNO3S/c16-13-7-5-12(6-8-13)10-21-11-14(18)17-9-3-1-2-4-15(19)20/h5-8H,1-4,9-11H2,(H,17,18)(H,19,20). The van der Waals surface area contributed by atoms with E-state index in [1.54, 1.807) is 12.1 Å². The predicted molar refractivity (Wildman–Crippen MR) is 81.7 cm³/mol. The van der Waals surface area contributed by atoms with Gasteiger partial charge in [0.25, 0.3) is 0 Å². The van der Waals surface area contributed by atoms with Crippen molar-refractivity contribution in [2.75, 3.05) is 12.3 Å². The van der Waals surface area contributed by atoms with Crippen LogP contribution in [-0.2, 0) is 15.3 Å². The van der Waals surface area contributed by atoms with E-state index in [2.05, 4.69) is 5.32 Å². The van der Waals surface area contributed by atoms with Crippen LogP contribution in [0.3, 0.4) is 0 Å². The number of carboxylic acid groups (broad SMARTS) is 1. The van der Waals surface area contributed by atoms with E-state index in [4.69, 9.17) is 5.11 Å². The first kappa shape index (κ1) is 17.5. The minimum Gasteiger partial charge on any atom is -0.481 e. The molecule has 1 aromatic carbocycles. The average Bonchev–Trinajstić information content (AvgIpc) is 2.44. The number of hydrogen-bond donors (Lipinski definition) is 2. The van der Waals surface area contributed by atoms with Gasteiger partial charge in [0.2, 0.25) is 5.91 Å². The van der Waals surface area contributed by atoms with E-state index < -0.39 is 5.97 Å². The second kappa shape index (κ2) is 10.2. The predicted octanol–water partition coefficient (Wildman–Crippen LogP) is 2.82. The number of hydrogen-bond acceptors (Lipinski definition) is 3. The van der Waals surface area contributed by atoms with Gasteiger partial charge in [-0.3, -0.25) is 9.59 Å². The van der Waals surface area contributed by atoms with Crippen LogP contribution in [0.1, 0.15) is 31.2 Å². The third kappa shape index (κ3) is 9.07. The molecular formula is C15H20FNO3S. The van der Waals surface area contributed by atoms with Crippen LogP contribution in [0.5, 0.6) is 0 Å². The molecule has 0 aliphatic heterocycles. The highest BCUT2D eigenvalue weighted by Gasteiger charge is 2.02. The van der Waals surface area contributed by atoms with Gasteiger partial charge in [-0.05, 0) is 30.5 Å². The first-order valence-corrected chi connectivity index (χ1v) is 8.04. The summed E-state index contributed by atoms with van der Waals surface area (Å²) in [6, 6.07) is 6.24. The van der Waals surface area contributed by atoms with Crippen LogP contribution >= 0.6 is 11.8 Å². The van der Waals surface area contributed by atoms with Crippen LogP contribution in [0.25, 0.3) is 0 Å². The third-order valence-electron chi connectivity index (χ3n) is 2.80. The lowest BCUT2D eigenvalue weighted by Crippen LogP contribution is -2.26. The summed E-state index contributed by atoms with van der Waals surface area (Å²) >= 11 is 1.48. The minimum atomic E-state index is -0.781. The number of amides is 1. The summed E-state index contributed by atoms with van der Waals surface area (Å²) in [5.41, 5.74) is 0.989. The Morgan fingerprint density at radius 2 is 1.86 bits per heavy atom. The number of rotatable bonds is 10. The molecule has 1 amide bonds. The van der Waals surface area contributed by atoms with Gasteiger partial charge in [0.1, 0.15) is 5.82 Å². The normalized spacial score (nSPS) is 10.3. The van der Waals surface area contributed by atoms with Crippen molar-refractivity contribution in [1.29, 1.82) is 0 Å². The van der Waals surface area contributed by atoms with Crippen LogP contribution in [-0.4, -0.2) is 29.3 Å². The van der Waals surface area contributed by atoms with Gasteiger partial charge >= 0.3 is 5.97 Å². The van der Waals surface area contributed by atoms with Gasteiger partial charge in [0.15, 0.2) is 0 Å². The van der Waals surface area contributed by atoms with Crippen molar-refractivity contribution in [1.82, 2.24) is 5.32 Å². The zero-order valence-electron chi connectivity index (χ0n) is 11.8. The van der Waals surface area contributed by atoms with Crippen molar-refractivity contribution in [3.8, 4) is 0 Å². The lowest BCUT2D eigenvalue weighted by molar-refractivity contribution is -0.137. The van der Waals surface area contributed by atoms with Crippen LogP contribution in [0, 0.1) is 5.82 Å². The summed E-state index contributed by atoms with van der Waals surface area (Å²) in [7, 11) is 0. The molecule has 2 N–H and O–H groups in total. The molecule has 0 saturated carbocycles.